The van der Waals surface area contributed by atoms with E-state index in [1.807, 2.05) is 25.2 Å². The SMILES string of the molecule is CNC1CC(C)(C)Cc2nc(-c3cc(C)nc(C)c3)sc21. The molecule has 3 rings (SSSR count). The van der Waals surface area contributed by atoms with Gasteiger partial charge in [0.25, 0.3) is 0 Å². The molecule has 0 spiro atoms. The Hall–Kier alpha value is -1.26. The summed E-state index contributed by atoms with van der Waals surface area (Å²) in [6.07, 6.45) is 2.24. The van der Waals surface area contributed by atoms with Gasteiger partial charge in [-0.25, -0.2) is 4.98 Å². The summed E-state index contributed by atoms with van der Waals surface area (Å²) in [4.78, 5) is 10.8. The van der Waals surface area contributed by atoms with E-state index in [2.05, 4.69) is 43.3 Å². The topological polar surface area (TPSA) is 37.8 Å². The molecule has 1 unspecified atom stereocenters. The lowest BCUT2D eigenvalue weighted by Gasteiger charge is -2.34. The van der Waals surface area contributed by atoms with Gasteiger partial charge in [0.05, 0.1) is 5.69 Å². The number of hydrogen-bond donors (Lipinski definition) is 1. The molecule has 0 radical (unpaired) electrons. The Morgan fingerprint density at radius 2 is 1.86 bits per heavy atom. The van der Waals surface area contributed by atoms with Gasteiger partial charge in [-0.1, -0.05) is 13.8 Å². The molecule has 1 N–H and O–H groups in total. The second kappa shape index (κ2) is 5.18. The van der Waals surface area contributed by atoms with Crippen molar-refractivity contribution in [1.29, 1.82) is 0 Å². The van der Waals surface area contributed by atoms with Crippen molar-refractivity contribution in [3.63, 3.8) is 0 Å². The summed E-state index contributed by atoms with van der Waals surface area (Å²) in [5, 5.41) is 4.59. The summed E-state index contributed by atoms with van der Waals surface area (Å²) in [6, 6.07) is 4.70. The van der Waals surface area contributed by atoms with Crippen LogP contribution in [0.1, 0.15) is 48.3 Å². The third-order valence-electron chi connectivity index (χ3n) is 4.12. The predicted molar refractivity (Wildman–Crippen MR) is 88.7 cm³/mol. The van der Waals surface area contributed by atoms with Crippen molar-refractivity contribution < 1.29 is 0 Å². The Labute approximate surface area is 130 Å². The van der Waals surface area contributed by atoms with Gasteiger partial charge in [0.1, 0.15) is 5.01 Å². The van der Waals surface area contributed by atoms with Crippen LogP contribution in [0.25, 0.3) is 10.6 Å². The first-order valence-corrected chi connectivity index (χ1v) is 8.32. The summed E-state index contributed by atoms with van der Waals surface area (Å²) in [5.41, 5.74) is 4.91. The maximum atomic E-state index is 4.95. The quantitative estimate of drug-likeness (QED) is 0.909. The highest BCUT2D eigenvalue weighted by Crippen LogP contribution is 2.44. The first kappa shape index (κ1) is 14.7. The number of pyridine rings is 1. The standard InChI is InChI=1S/C17H23N3S/c1-10-6-12(7-11(2)19-10)16-20-14-9-17(3,4)8-13(18-5)15(14)21-16/h6-7,13,18H,8-9H2,1-5H3. The largest absolute Gasteiger partial charge is 0.312 e. The molecular weight excluding hydrogens is 278 g/mol. The normalized spacial score (nSPS) is 20.3. The summed E-state index contributed by atoms with van der Waals surface area (Å²) in [5.74, 6) is 0. The molecule has 1 aliphatic carbocycles. The van der Waals surface area contributed by atoms with Crippen molar-refractivity contribution in [3.8, 4) is 10.6 Å². The fourth-order valence-corrected chi connectivity index (χ4v) is 4.43. The number of aryl methyl sites for hydroxylation is 2. The van der Waals surface area contributed by atoms with Crippen LogP contribution in [0.15, 0.2) is 12.1 Å². The molecule has 0 saturated heterocycles. The van der Waals surface area contributed by atoms with Crippen LogP contribution in [0.4, 0.5) is 0 Å². The molecule has 112 valence electrons. The molecule has 2 aromatic heterocycles. The van der Waals surface area contributed by atoms with E-state index in [1.165, 1.54) is 22.6 Å². The minimum Gasteiger partial charge on any atom is -0.312 e. The van der Waals surface area contributed by atoms with Crippen molar-refractivity contribution in [1.82, 2.24) is 15.3 Å². The Balaban J connectivity index is 2.06. The Kier molecular flexibility index (Phi) is 3.62. The lowest BCUT2D eigenvalue weighted by atomic mass is 9.76. The van der Waals surface area contributed by atoms with Gasteiger partial charge in [-0.15, -0.1) is 11.3 Å². The molecular formula is C17H23N3S. The zero-order chi connectivity index (χ0) is 15.2. The predicted octanol–water partition coefficient (Wildman–Crippen LogP) is 4.05. The van der Waals surface area contributed by atoms with Crippen LogP contribution in [-0.2, 0) is 6.42 Å². The van der Waals surface area contributed by atoms with E-state index in [9.17, 15) is 0 Å². The van der Waals surface area contributed by atoms with E-state index >= 15 is 0 Å². The summed E-state index contributed by atoms with van der Waals surface area (Å²) in [6.45, 7) is 8.76. The maximum absolute atomic E-state index is 4.95. The van der Waals surface area contributed by atoms with E-state index in [-0.39, 0.29) is 0 Å². The average molecular weight is 301 g/mol. The van der Waals surface area contributed by atoms with Gasteiger partial charge in [0, 0.05) is 27.9 Å². The highest BCUT2D eigenvalue weighted by molar-refractivity contribution is 7.15. The van der Waals surface area contributed by atoms with Crippen molar-refractivity contribution in [2.24, 2.45) is 5.41 Å². The van der Waals surface area contributed by atoms with Gasteiger partial charge in [0.2, 0.25) is 0 Å². The molecule has 4 heteroatoms. The number of thiazole rings is 1. The van der Waals surface area contributed by atoms with Crippen LogP contribution in [0, 0.1) is 19.3 Å². The fourth-order valence-electron chi connectivity index (χ4n) is 3.25. The highest BCUT2D eigenvalue weighted by Gasteiger charge is 2.34. The van der Waals surface area contributed by atoms with E-state index < -0.39 is 0 Å². The van der Waals surface area contributed by atoms with Crippen molar-refractivity contribution in [2.75, 3.05) is 7.05 Å². The van der Waals surface area contributed by atoms with Crippen LogP contribution < -0.4 is 5.32 Å². The molecule has 0 saturated carbocycles. The number of rotatable bonds is 2. The summed E-state index contributed by atoms with van der Waals surface area (Å²) >= 11 is 1.84. The third-order valence-corrected chi connectivity index (χ3v) is 5.38. The van der Waals surface area contributed by atoms with Crippen molar-refractivity contribution in [2.45, 2.75) is 46.6 Å². The van der Waals surface area contributed by atoms with E-state index in [0.717, 1.165) is 22.8 Å². The second-order valence-corrected chi connectivity index (χ2v) is 7.89. The molecule has 21 heavy (non-hydrogen) atoms. The summed E-state index contributed by atoms with van der Waals surface area (Å²) < 4.78 is 0. The van der Waals surface area contributed by atoms with Crippen LogP contribution in [0.2, 0.25) is 0 Å². The van der Waals surface area contributed by atoms with Gasteiger partial charge in [-0.05, 0) is 51.3 Å². The first-order valence-electron chi connectivity index (χ1n) is 7.50. The molecule has 1 atom stereocenters. The Morgan fingerprint density at radius 3 is 2.48 bits per heavy atom. The monoisotopic (exact) mass is 301 g/mol. The molecule has 0 bridgehead atoms. The number of nitrogens with zero attached hydrogens (tertiary/aromatic N) is 2. The van der Waals surface area contributed by atoms with E-state index in [1.54, 1.807) is 0 Å². The molecule has 3 nitrogen and oxygen atoms in total. The van der Waals surface area contributed by atoms with Gasteiger partial charge in [-0.3, -0.25) is 4.98 Å². The zero-order valence-corrected chi connectivity index (χ0v) is 14.3. The molecule has 0 fully saturated rings. The lowest BCUT2D eigenvalue weighted by Crippen LogP contribution is -2.30. The number of nitrogens with one attached hydrogen (secondary N) is 1. The van der Waals surface area contributed by atoms with Crippen molar-refractivity contribution in [3.05, 3.63) is 34.1 Å². The summed E-state index contributed by atoms with van der Waals surface area (Å²) in [7, 11) is 2.05. The highest BCUT2D eigenvalue weighted by atomic mass is 32.1. The van der Waals surface area contributed by atoms with Gasteiger partial charge >= 0.3 is 0 Å². The minimum atomic E-state index is 0.316. The molecule has 0 amide bonds. The molecule has 0 aromatic carbocycles. The molecule has 2 heterocycles. The second-order valence-electron chi connectivity index (χ2n) is 6.85. The van der Waals surface area contributed by atoms with E-state index in [0.29, 0.717) is 11.5 Å². The zero-order valence-electron chi connectivity index (χ0n) is 13.4. The van der Waals surface area contributed by atoms with Crippen LogP contribution in [0.5, 0.6) is 0 Å². The van der Waals surface area contributed by atoms with Gasteiger partial charge in [0.15, 0.2) is 0 Å². The van der Waals surface area contributed by atoms with Crippen LogP contribution >= 0.6 is 11.3 Å². The number of aromatic nitrogens is 2. The maximum Gasteiger partial charge on any atom is 0.124 e. The smallest absolute Gasteiger partial charge is 0.124 e. The third kappa shape index (κ3) is 2.87. The molecule has 0 aliphatic heterocycles. The van der Waals surface area contributed by atoms with E-state index in [4.69, 9.17) is 4.98 Å². The Bertz CT molecular complexity index is 652. The molecule has 1 aliphatic rings. The lowest BCUT2D eigenvalue weighted by molar-refractivity contribution is 0.265. The number of hydrogen-bond acceptors (Lipinski definition) is 4. The van der Waals surface area contributed by atoms with Crippen LogP contribution in [-0.4, -0.2) is 17.0 Å². The Morgan fingerprint density at radius 1 is 1.19 bits per heavy atom. The van der Waals surface area contributed by atoms with Crippen LogP contribution in [0.3, 0.4) is 0 Å². The number of fused-ring (bicyclic) bond motifs is 1. The van der Waals surface area contributed by atoms with Gasteiger partial charge in [-0.2, -0.15) is 0 Å². The van der Waals surface area contributed by atoms with Gasteiger partial charge < -0.3 is 5.32 Å². The first-order chi connectivity index (χ1) is 9.88. The minimum absolute atomic E-state index is 0.316. The average Bonchev–Trinajstić information content (AvgIpc) is 2.78. The van der Waals surface area contributed by atoms with Crippen molar-refractivity contribution >= 4 is 11.3 Å². The fraction of sp³-hybridized carbons (Fsp3) is 0.529. The molecule has 2 aromatic rings.